The van der Waals surface area contributed by atoms with E-state index in [1.165, 1.54) is 56.9 Å². The third-order valence-electron chi connectivity index (χ3n) is 5.65. The predicted octanol–water partition coefficient (Wildman–Crippen LogP) is 7.00. The van der Waals surface area contributed by atoms with Gasteiger partial charge in [0.2, 0.25) is 0 Å². The van der Waals surface area contributed by atoms with Crippen molar-refractivity contribution in [2.24, 2.45) is 23.2 Å². The van der Waals surface area contributed by atoms with Crippen LogP contribution in [0.2, 0.25) is 0 Å². The van der Waals surface area contributed by atoms with E-state index in [0.29, 0.717) is 5.41 Å². The zero-order valence-electron chi connectivity index (χ0n) is 15.0. The molecule has 0 N–H and O–H groups in total. The van der Waals surface area contributed by atoms with Crippen LogP contribution in [-0.2, 0) is 0 Å². The molecule has 1 unspecified atom stereocenters. The fraction of sp³-hybridized carbons (Fsp3) is 0.900. The van der Waals surface area contributed by atoms with E-state index in [9.17, 15) is 0 Å². The normalized spacial score (nSPS) is 28.4. The highest BCUT2D eigenvalue weighted by atomic mass is 14.4. The molecule has 0 amide bonds. The Labute approximate surface area is 128 Å². The molecule has 1 fully saturated rings. The van der Waals surface area contributed by atoms with Crippen molar-refractivity contribution in [1.82, 2.24) is 0 Å². The lowest BCUT2D eigenvalue weighted by Crippen LogP contribution is -2.33. The number of hydrogen-bond donors (Lipinski definition) is 0. The van der Waals surface area contributed by atoms with Gasteiger partial charge in [0.15, 0.2) is 0 Å². The van der Waals surface area contributed by atoms with Crippen LogP contribution in [0.15, 0.2) is 11.6 Å². The summed E-state index contributed by atoms with van der Waals surface area (Å²) in [6.45, 7) is 14.2. The molecule has 0 bridgehead atoms. The third-order valence-corrected chi connectivity index (χ3v) is 5.65. The van der Waals surface area contributed by atoms with Gasteiger partial charge >= 0.3 is 0 Å². The Morgan fingerprint density at radius 1 is 1.10 bits per heavy atom. The van der Waals surface area contributed by atoms with Gasteiger partial charge in [0.25, 0.3) is 0 Å². The van der Waals surface area contributed by atoms with E-state index >= 15 is 0 Å². The van der Waals surface area contributed by atoms with Crippen LogP contribution in [0.5, 0.6) is 0 Å². The molecule has 0 nitrogen and oxygen atoms in total. The molecule has 0 spiro atoms. The standard InChI is InChI=1S/C20H38/c1-16(2)8-7-9-19(6)20(13-10-17(3)4)14-11-18(5)12-15-20/h10,16,18-19H,7-9,11-15H2,1-6H3. The second-order valence-corrected chi connectivity index (χ2v) is 8.26. The van der Waals surface area contributed by atoms with Gasteiger partial charge in [-0.1, -0.05) is 71.4 Å². The highest BCUT2D eigenvalue weighted by molar-refractivity contribution is 5.00. The SMILES string of the molecule is CC(C)=CCC1(C(C)CCCC(C)C)CCC(C)CC1. The summed E-state index contributed by atoms with van der Waals surface area (Å²) in [4.78, 5) is 0. The van der Waals surface area contributed by atoms with Crippen LogP contribution in [0.1, 0.15) is 92.9 Å². The highest BCUT2D eigenvalue weighted by Gasteiger charge is 2.37. The first-order valence-corrected chi connectivity index (χ1v) is 8.99. The van der Waals surface area contributed by atoms with E-state index in [4.69, 9.17) is 0 Å². The monoisotopic (exact) mass is 278 g/mol. The molecule has 1 atom stereocenters. The van der Waals surface area contributed by atoms with Gasteiger partial charge in [-0.2, -0.15) is 0 Å². The van der Waals surface area contributed by atoms with Crippen molar-refractivity contribution in [3.8, 4) is 0 Å². The van der Waals surface area contributed by atoms with Crippen LogP contribution in [0.25, 0.3) is 0 Å². The van der Waals surface area contributed by atoms with Gasteiger partial charge in [0.05, 0.1) is 0 Å². The third kappa shape index (κ3) is 5.62. The Hall–Kier alpha value is -0.260. The molecule has 118 valence electrons. The lowest BCUT2D eigenvalue weighted by molar-refractivity contribution is 0.0806. The molecule has 0 saturated heterocycles. The lowest BCUT2D eigenvalue weighted by atomic mass is 9.61. The number of hydrogen-bond acceptors (Lipinski definition) is 0. The van der Waals surface area contributed by atoms with Crippen molar-refractivity contribution >= 4 is 0 Å². The smallest absolute Gasteiger partial charge is 0.0237 e. The minimum atomic E-state index is 0.612. The zero-order valence-corrected chi connectivity index (χ0v) is 15.0. The Morgan fingerprint density at radius 3 is 2.20 bits per heavy atom. The van der Waals surface area contributed by atoms with Gasteiger partial charge in [-0.3, -0.25) is 0 Å². The second kappa shape index (κ2) is 8.25. The Morgan fingerprint density at radius 2 is 1.70 bits per heavy atom. The molecule has 20 heavy (non-hydrogen) atoms. The van der Waals surface area contributed by atoms with E-state index in [0.717, 1.165) is 17.8 Å². The lowest BCUT2D eigenvalue weighted by Gasteiger charge is -2.44. The minimum Gasteiger partial charge on any atom is -0.0853 e. The predicted molar refractivity (Wildman–Crippen MR) is 92.0 cm³/mol. The van der Waals surface area contributed by atoms with Crippen LogP contribution in [0, 0.1) is 23.2 Å². The maximum atomic E-state index is 2.54. The van der Waals surface area contributed by atoms with E-state index in [-0.39, 0.29) is 0 Å². The molecule has 0 radical (unpaired) electrons. The second-order valence-electron chi connectivity index (χ2n) is 8.26. The summed E-state index contributed by atoms with van der Waals surface area (Å²) in [5.74, 6) is 2.71. The van der Waals surface area contributed by atoms with Crippen molar-refractivity contribution in [2.45, 2.75) is 92.9 Å². The Bertz CT molecular complexity index is 285. The zero-order chi connectivity index (χ0) is 15.2. The molecule has 0 aromatic heterocycles. The minimum absolute atomic E-state index is 0.612. The van der Waals surface area contributed by atoms with Crippen LogP contribution < -0.4 is 0 Å². The largest absolute Gasteiger partial charge is 0.0853 e. The van der Waals surface area contributed by atoms with Crippen LogP contribution in [0.4, 0.5) is 0 Å². The van der Waals surface area contributed by atoms with Gasteiger partial charge in [-0.15, -0.1) is 0 Å². The number of allylic oxidation sites excluding steroid dienone is 2. The molecule has 0 aromatic rings. The van der Waals surface area contributed by atoms with E-state index in [1.807, 2.05) is 0 Å². The van der Waals surface area contributed by atoms with E-state index in [2.05, 4.69) is 47.6 Å². The van der Waals surface area contributed by atoms with Crippen LogP contribution >= 0.6 is 0 Å². The van der Waals surface area contributed by atoms with E-state index < -0.39 is 0 Å². The molecular formula is C20H38. The van der Waals surface area contributed by atoms with E-state index in [1.54, 1.807) is 0 Å². The van der Waals surface area contributed by atoms with Crippen molar-refractivity contribution in [3.05, 3.63) is 11.6 Å². The fourth-order valence-electron chi connectivity index (χ4n) is 3.78. The van der Waals surface area contributed by atoms with Crippen molar-refractivity contribution in [2.75, 3.05) is 0 Å². The first kappa shape index (κ1) is 17.8. The van der Waals surface area contributed by atoms with Crippen LogP contribution in [-0.4, -0.2) is 0 Å². The molecule has 0 aliphatic heterocycles. The Balaban J connectivity index is 2.63. The summed E-state index contributed by atoms with van der Waals surface area (Å²) in [7, 11) is 0. The van der Waals surface area contributed by atoms with Crippen molar-refractivity contribution in [1.29, 1.82) is 0 Å². The molecule has 0 heterocycles. The summed E-state index contributed by atoms with van der Waals surface area (Å²) in [6.07, 6.45) is 13.9. The molecule has 1 aliphatic rings. The fourth-order valence-corrected chi connectivity index (χ4v) is 3.78. The first-order chi connectivity index (χ1) is 9.35. The van der Waals surface area contributed by atoms with Crippen molar-refractivity contribution in [3.63, 3.8) is 0 Å². The van der Waals surface area contributed by atoms with Crippen molar-refractivity contribution < 1.29 is 0 Å². The molecule has 1 saturated carbocycles. The summed E-state index contributed by atoms with van der Waals surface area (Å²) in [5.41, 5.74) is 2.11. The molecule has 0 aromatic carbocycles. The van der Waals surface area contributed by atoms with Gasteiger partial charge in [0, 0.05) is 0 Å². The summed E-state index contributed by atoms with van der Waals surface area (Å²) in [5, 5.41) is 0. The van der Waals surface area contributed by atoms with Gasteiger partial charge in [-0.05, 0) is 56.3 Å². The number of rotatable bonds is 7. The summed E-state index contributed by atoms with van der Waals surface area (Å²) in [6, 6.07) is 0. The maximum absolute atomic E-state index is 2.54. The first-order valence-electron chi connectivity index (χ1n) is 8.99. The average molecular weight is 279 g/mol. The molecule has 1 aliphatic carbocycles. The van der Waals surface area contributed by atoms with Gasteiger partial charge < -0.3 is 0 Å². The Kier molecular flexibility index (Phi) is 7.34. The highest BCUT2D eigenvalue weighted by Crippen LogP contribution is 2.49. The average Bonchev–Trinajstić information content (AvgIpc) is 2.38. The van der Waals surface area contributed by atoms with Gasteiger partial charge in [-0.25, -0.2) is 0 Å². The maximum Gasteiger partial charge on any atom is -0.0237 e. The summed E-state index contributed by atoms with van der Waals surface area (Å²) >= 11 is 0. The topological polar surface area (TPSA) is 0 Å². The molecular weight excluding hydrogens is 240 g/mol. The van der Waals surface area contributed by atoms with Crippen LogP contribution in [0.3, 0.4) is 0 Å². The quantitative estimate of drug-likeness (QED) is 0.440. The van der Waals surface area contributed by atoms with Gasteiger partial charge in [0.1, 0.15) is 0 Å². The molecule has 0 heteroatoms. The summed E-state index contributed by atoms with van der Waals surface area (Å²) < 4.78 is 0. The molecule has 1 rings (SSSR count).